The van der Waals surface area contributed by atoms with Crippen LogP contribution < -0.4 is 10.2 Å². The molecule has 0 heterocycles. The fraction of sp³-hybridized carbons (Fsp3) is 0.300. The maximum atomic E-state index is 12.1. The molecule has 0 aromatic heterocycles. The molecule has 2 aromatic carbocycles. The first-order valence-corrected chi connectivity index (χ1v) is 10.1. The van der Waals surface area contributed by atoms with Crippen molar-refractivity contribution in [2.75, 3.05) is 12.9 Å². The lowest BCUT2D eigenvalue weighted by Crippen LogP contribution is -2.23. The molecule has 0 atom stereocenters. The molecule has 0 saturated heterocycles. The van der Waals surface area contributed by atoms with E-state index in [0.717, 1.165) is 41.9 Å². The van der Waals surface area contributed by atoms with Gasteiger partial charge in [0.25, 0.3) is 5.69 Å². The molecular formula is C20H21N3O4S. The first-order valence-electron chi connectivity index (χ1n) is 8.90. The molecule has 2 aromatic rings. The van der Waals surface area contributed by atoms with Crippen molar-refractivity contribution in [2.45, 2.75) is 25.0 Å². The predicted octanol–water partition coefficient (Wildman–Crippen LogP) is 3.69. The number of benzene rings is 2. The largest absolute Gasteiger partial charge is 0.497 e. The summed E-state index contributed by atoms with van der Waals surface area (Å²) in [5, 5.41) is 15.1. The van der Waals surface area contributed by atoms with Gasteiger partial charge in [-0.3, -0.25) is 14.9 Å². The number of aryl methyl sites for hydroxylation is 1. The average Bonchev–Trinajstić information content (AvgIpc) is 2.72. The van der Waals surface area contributed by atoms with Crippen molar-refractivity contribution in [1.82, 2.24) is 5.43 Å². The van der Waals surface area contributed by atoms with Crippen LogP contribution in [0.15, 0.2) is 47.6 Å². The number of amides is 1. The van der Waals surface area contributed by atoms with Crippen molar-refractivity contribution in [2.24, 2.45) is 5.10 Å². The van der Waals surface area contributed by atoms with E-state index in [-0.39, 0.29) is 17.3 Å². The molecule has 0 bridgehead atoms. The number of hydrogen-bond donors (Lipinski definition) is 1. The molecule has 1 aliphatic rings. The third-order valence-corrected chi connectivity index (χ3v) is 5.43. The highest BCUT2D eigenvalue weighted by Crippen LogP contribution is 2.25. The maximum absolute atomic E-state index is 12.1. The lowest BCUT2D eigenvalue weighted by molar-refractivity contribution is -0.384. The number of carbonyl (C=O) groups excluding carboxylic acids is 1. The summed E-state index contributed by atoms with van der Waals surface area (Å²) in [7, 11) is 1.64. The Hall–Kier alpha value is -2.87. The molecule has 0 aliphatic heterocycles. The molecule has 0 saturated carbocycles. The zero-order valence-corrected chi connectivity index (χ0v) is 16.3. The highest BCUT2D eigenvalue weighted by atomic mass is 32.2. The van der Waals surface area contributed by atoms with E-state index in [1.54, 1.807) is 13.2 Å². The number of fused-ring (bicyclic) bond motifs is 1. The van der Waals surface area contributed by atoms with Crippen molar-refractivity contribution >= 4 is 29.1 Å². The summed E-state index contributed by atoms with van der Waals surface area (Å²) in [5.74, 6) is 1.38. The van der Waals surface area contributed by atoms with E-state index in [2.05, 4.69) is 10.5 Å². The van der Waals surface area contributed by atoms with E-state index in [1.807, 2.05) is 24.3 Å². The molecule has 3 rings (SSSR count). The van der Waals surface area contributed by atoms with E-state index in [4.69, 9.17) is 4.74 Å². The number of ether oxygens (including phenoxy) is 1. The Morgan fingerprint density at radius 2 is 2.14 bits per heavy atom. The summed E-state index contributed by atoms with van der Waals surface area (Å²) < 4.78 is 5.27. The molecule has 0 spiro atoms. The number of nitrogens with one attached hydrogen (secondary N) is 1. The van der Waals surface area contributed by atoms with Gasteiger partial charge in [0, 0.05) is 23.4 Å². The van der Waals surface area contributed by atoms with E-state index in [0.29, 0.717) is 5.75 Å². The standard InChI is InChI=1S/C20H21N3O4S/c1-27-17-8-9-18-15(11-17)5-3-7-19(18)21-22-20(24)13-28-12-14-4-2-6-16(10-14)23(25)26/h2,4,6,8-11H,3,5,7,12-13H2,1H3,(H,22,24)/b21-19-. The van der Waals surface area contributed by atoms with Gasteiger partial charge in [0.05, 0.1) is 23.5 Å². The van der Waals surface area contributed by atoms with Crippen LogP contribution in [0.2, 0.25) is 0 Å². The van der Waals surface area contributed by atoms with Gasteiger partial charge in [0.1, 0.15) is 5.75 Å². The fourth-order valence-corrected chi connectivity index (χ4v) is 3.83. The Kier molecular flexibility index (Phi) is 6.65. The average molecular weight is 399 g/mol. The third-order valence-electron chi connectivity index (χ3n) is 4.42. The molecule has 7 nitrogen and oxygen atoms in total. The quantitative estimate of drug-likeness (QED) is 0.566. The summed E-state index contributed by atoms with van der Waals surface area (Å²) in [4.78, 5) is 22.5. The number of nitro groups is 1. The minimum atomic E-state index is -0.422. The number of carbonyl (C=O) groups is 1. The topological polar surface area (TPSA) is 93.8 Å². The number of hydrazone groups is 1. The number of thioether (sulfide) groups is 1. The van der Waals surface area contributed by atoms with Crippen molar-refractivity contribution in [3.05, 3.63) is 69.3 Å². The van der Waals surface area contributed by atoms with Gasteiger partial charge in [-0.25, -0.2) is 5.43 Å². The van der Waals surface area contributed by atoms with E-state index < -0.39 is 4.92 Å². The Balaban J connectivity index is 1.53. The predicted molar refractivity (Wildman–Crippen MR) is 110 cm³/mol. The Bertz CT molecular complexity index is 914. The molecule has 146 valence electrons. The number of nitro benzene ring substituents is 1. The lowest BCUT2D eigenvalue weighted by atomic mass is 9.90. The van der Waals surface area contributed by atoms with Gasteiger partial charge >= 0.3 is 0 Å². The van der Waals surface area contributed by atoms with Crippen LogP contribution in [0, 0.1) is 10.1 Å². The van der Waals surface area contributed by atoms with Gasteiger partial charge in [-0.15, -0.1) is 11.8 Å². The van der Waals surface area contributed by atoms with Crippen LogP contribution in [0.25, 0.3) is 0 Å². The molecule has 0 fully saturated rings. The molecule has 1 amide bonds. The first-order chi connectivity index (χ1) is 13.6. The second-order valence-electron chi connectivity index (χ2n) is 6.39. The Morgan fingerprint density at radius 1 is 1.29 bits per heavy atom. The van der Waals surface area contributed by atoms with Gasteiger partial charge < -0.3 is 4.74 Å². The second kappa shape index (κ2) is 9.36. The zero-order chi connectivity index (χ0) is 19.9. The van der Waals surface area contributed by atoms with Crippen LogP contribution in [0.4, 0.5) is 5.69 Å². The molecular weight excluding hydrogens is 378 g/mol. The van der Waals surface area contributed by atoms with Gasteiger partial charge in [0.15, 0.2) is 0 Å². The summed E-state index contributed by atoms with van der Waals surface area (Å²) in [6.07, 6.45) is 2.77. The monoisotopic (exact) mass is 399 g/mol. The maximum Gasteiger partial charge on any atom is 0.269 e. The summed E-state index contributed by atoms with van der Waals surface area (Å²) in [6.45, 7) is 0. The fourth-order valence-electron chi connectivity index (χ4n) is 3.07. The van der Waals surface area contributed by atoms with Crippen molar-refractivity contribution < 1.29 is 14.5 Å². The van der Waals surface area contributed by atoms with Crippen molar-refractivity contribution in [1.29, 1.82) is 0 Å². The van der Waals surface area contributed by atoms with E-state index in [1.165, 1.54) is 29.5 Å². The van der Waals surface area contributed by atoms with Gasteiger partial charge in [0.2, 0.25) is 5.91 Å². The molecule has 1 N–H and O–H groups in total. The van der Waals surface area contributed by atoms with Crippen LogP contribution in [0.1, 0.15) is 29.5 Å². The van der Waals surface area contributed by atoms with Gasteiger partial charge in [-0.2, -0.15) is 5.10 Å². The first kappa shape index (κ1) is 19.9. The van der Waals surface area contributed by atoms with Crippen LogP contribution >= 0.6 is 11.8 Å². The number of nitrogens with zero attached hydrogens (tertiary/aromatic N) is 2. The minimum Gasteiger partial charge on any atom is -0.497 e. The number of hydrogen-bond acceptors (Lipinski definition) is 6. The van der Waals surface area contributed by atoms with Crippen LogP contribution in [0.5, 0.6) is 5.75 Å². The lowest BCUT2D eigenvalue weighted by Gasteiger charge is -2.18. The molecule has 1 aliphatic carbocycles. The number of non-ortho nitro benzene ring substituents is 1. The Morgan fingerprint density at radius 3 is 2.93 bits per heavy atom. The van der Waals surface area contributed by atoms with Crippen LogP contribution in [-0.2, 0) is 17.0 Å². The summed E-state index contributed by atoms with van der Waals surface area (Å²) in [5.41, 5.74) is 6.60. The van der Waals surface area contributed by atoms with Crippen LogP contribution in [-0.4, -0.2) is 29.4 Å². The third kappa shape index (κ3) is 5.10. The zero-order valence-electron chi connectivity index (χ0n) is 15.5. The SMILES string of the molecule is COc1ccc2c(c1)CCC/C2=N/NC(=O)CSCc1cccc([N+](=O)[O-])c1. The van der Waals surface area contributed by atoms with E-state index >= 15 is 0 Å². The Labute approximate surface area is 167 Å². The second-order valence-corrected chi connectivity index (χ2v) is 7.38. The molecule has 0 unspecified atom stereocenters. The van der Waals surface area contributed by atoms with Crippen molar-refractivity contribution in [3.63, 3.8) is 0 Å². The molecule has 0 radical (unpaired) electrons. The summed E-state index contributed by atoms with van der Waals surface area (Å²) in [6, 6.07) is 12.3. The molecule has 8 heteroatoms. The highest BCUT2D eigenvalue weighted by Gasteiger charge is 2.16. The smallest absolute Gasteiger partial charge is 0.269 e. The number of rotatable bonds is 7. The summed E-state index contributed by atoms with van der Waals surface area (Å²) >= 11 is 1.39. The highest BCUT2D eigenvalue weighted by molar-refractivity contribution is 7.99. The minimum absolute atomic E-state index is 0.0570. The van der Waals surface area contributed by atoms with Gasteiger partial charge in [-0.05, 0) is 48.6 Å². The number of methoxy groups -OCH3 is 1. The normalized spacial score (nSPS) is 14.4. The van der Waals surface area contributed by atoms with Crippen LogP contribution in [0.3, 0.4) is 0 Å². The van der Waals surface area contributed by atoms with E-state index in [9.17, 15) is 14.9 Å². The van der Waals surface area contributed by atoms with Gasteiger partial charge in [-0.1, -0.05) is 12.1 Å². The van der Waals surface area contributed by atoms with Crippen molar-refractivity contribution in [3.8, 4) is 5.75 Å². The molecule has 28 heavy (non-hydrogen) atoms.